The Morgan fingerprint density at radius 3 is 2.64 bits per heavy atom. The predicted octanol–water partition coefficient (Wildman–Crippen LogP) is 0.763. The van der Waals surface area contributed by atoms with Gasteiger partial charge in [0, 0.05) is 40.8 Å². The fourth-order valence-electron chi connectivity index (χ4n) is 3.10. The van der Waals surface area contributed by atoms with E-state index in [9.17, 15) is 9.59 Å². The molecule has 1 aromatic heterocycles. The van der Waals surface area contributed by atoms with Crippen LogP contribution in [0.5, 0.6) is 5.75 Å². The van der Waals surface area contributed by atoms with Crippen molar-refractivity contribution in [2.24, 2.45) is 7.05 Å². The molecule has 0 saturated heterocycles. The van der Waals surface area contributed by atoms with Crippen molar-refractivity contribution in [2.75, 3.05) is 39.7 Å². The fourth-order valence-corrected chi connectivity index (χ4v) is 3.10. The number of hydrogen-bond acceptors (Lipinski definition) is 6. The first-order valence-corrected chi connectivity index (χ1v) is 9.06. The summed E-state index contributed by atoms with van der Waals surface area (Å²) in [7, 11) is 8.96. The second-order valence-electron chi connectivity index (χ2n) is 7.27. The first-order chi connectivity index (χ1) is 13.3. The number of aromatic nitrogens is 3. The second kappa shape index (κ2) is 7.87. The zero-order valence-corrected chi connectivity index (χ0v) is 16.9. The molecule has 0 spiro atoms. The molecule has 150 valence electrons. The molecule has 0 N–H and O–H groups in total. The summed E-state index contributed by atoms with van der Waals surface area (Å²) in [5, 5.41) is 7.86. The number of anilines is 1. The average Bonchev–Trinajstić information content (AvgIpc) is 3.07. The van der Waals surface area contributed by atoms with Gasteiger partial charge >= 0.3 is 0 Å². The van der Waals surface area contributed by atoms with E-state index >= 15 is 0 Å². The minimum absolute atomic E-state index is 0.00702. The maximum Gasteiger partial charge on any atom is 0.253 e. The van der Waals surface area contributed by atoms with Crippen molar-refractivity contribution in [3.8, 4) is 5.75 Å². The van der Waals surface area contributed by atoms with Crippen molar-refractivity contribution in [1.29, 1.82) is 0 Å². The molecule has 0 aliphatic carbocycles. The van der Waals surface area contributed by atoms with Gasteiger partial charge in [0.2, 0.25) is 5.91 Å². The van der Waals surface area contributed by atoms with Crippen LogP contribution in [0.1, 0.15) is 22.6 Å². The number of likely N-dealkylation sites (N-methyl/N-ethyl adjacent to an activating group) is 1. The van der Waals surface area contributed by atoms with Crippen LogP contribution in [-0.2, 0) is 18.4 Å². The van der Waals surface area contributed by atoms with Gasteiger partial charge in [0.05, 0.1) is 24.7 Å². The van der Waals surface area contributed by atoms with E-state index < -0.39 is 0 Å². The summed E-state index contributed by atoms with van der Waals surface area (Å²) < 4.78 is 7.63. The fraction of sp³-hybridized carbons (Fsp3) is 0.474. The first kappa shape index (κ1) is 19.7. The smallest absolute Gasteiger partial charge is 0.253 e. The summed E-state index contributed by atoms with van der Waals surface area (Å²) in [5.41, 5.74) is 1.40. The molecule has 9 nitrogen and oxygen atoms in total. The number of amides is 2. The Labute approximate surface area is 164 Å². The highest BCUT2D eigenvalue weighted by atomic mass is 16.5. The molecular formula is C19H26N6O3. The highest BCUT2D eigenvalue weighted by Gasteiger charge is 2.29. The predicted molar refractivity (Wildman–Crippen MR) is 104 cm³/mol. The number of ether oxygens (including phenoxy) is 1. The molecule has 0 bridgehead atoms. The van der Waals surface area contributed by atoms with Crippen LogP contribution in [-0.4, -0.2) is 77.2 Å². The molecule has 0 unspecified atom stereocenters. The molecule has 2 amide bonds. The van der Waals surface area contributed by atoms with Gasteiger partial charge in [0.25, 0.3) is 5.91 Å². The monoisotopic (exact) mass is 386 g/mol. The lowest BCUT2D eigenvalue weighted by atomic mass is 10.1. The molecule has 2 heterocycles. The van der Waals surface area contributed by atoms with Crippen molar-refractivity contribution >= 4 is 17.5 Å². The third-order valence-corrected chi connectivity index (χ3v) is 4.99. The third kappa shape index (κ3) is 3.92. The van der Waals surface area contributed by atoms with Crippen molar-refractivity contribution in [3.05, 3.63) is 35.9 Å². The molecule has 0 saturated carbocycles. The second-order valence-corrected chi connectivity index (χ2v) is 7.27. The molecule has 3 rings (SSSR count). The number of carbonyl (C=O) groups is 2. The van der Waals surface area contributed by atoms with Gasteiger partial charge < -0.3 is 24.0 Å². The third-order valence-electron chi connectivity index (χ3n) is 4.99. The molecule has 0 fully saturated rings. The van der Waals surface area contributed by atoms with E-state index in [1.54, 1.807) is 49.1 Å². The standard InChI is InChI=1S/C19H26N6O3/c1-22(2)19(27)13-6-7-16-15(8-13)25(5)14(11-28-16)9-18(26)23(3)10-17-21-20-12-24(17)4/h6-8,12,14H,9-11H2,1-5H3/t14-/m1/s1. The zero-order valence-electron chi connectivity index (χ0n) is 16.9. The van der Waals surface area contributed by atoms with Gasteiger partial charge in [-0.3, -0.25) is 9.59 Å². The summed E-state index contributed by atoms with van der Waals surface area (Å²) in [5.74, 6) is 1.36. The summed E-state index contributed by atoms with van der Waals surface area (Å²) in [4.78, 5) is 30.1. The number of rotatable bonds is 5. The maximum absolute atomic E-state index is 12.7. The van der Waals surface area contributed by atoms with Crippen LogP contribution in [0.2, 0.25) is 0 Å². The SMILES string of the molecule is CN(C)C(=O)c1ccc2c(c1)N(C)[C@H](CC(=O)N(C)Cc1nncn1C)CO2. The topological polar surface area (TPSA) is 83.8 Å². The van der Waals surface area contributed by atoms with Crippen LogP contribution in [0.25, 0.3) is 0 Å². The van der Waals surface area contributed by atoms with E-state index in [1.807, 2.05) is 25.1 Å². The van der Waals surface area contributed by atoms with E-state index in [2.05, 4.69) is 10.2 Å². The van der Waals surface area contributed by atoms with Gasteiger partial charge in [-0.05, 0) is 18.2 Å². The van der Waals surface area contributed by atoms with Gasteiger partial charge in [-0.25, -0.2) is 0 Å². The number of nitrogens with zero attached hydrogens (tertiary/aromatic N) is 6. The molecule has 1 aromatic carbocycles. The summed E-state index contributed by atoms with van der Waals surface area (Å²) in [6.45, 7) is 0.804. The molecule has 0 radical (unpaired) electrons. The lowest BCUT2D eigenvalue weighted by molar-refractivity contribution is -0.131. The Balaban J connectivity index is 1.70. The minimum Gasteiger partial charge on any atom is -0.489 e. The number of aryl methyl sites for hydroxylation is 1. The minimum atomic E-state index is -0.119. The lowest BCUT2D eigenvalue weighted by Gasteiger charge is -2.36. The summed E-state index contributed by atoms with van der Waals surface area (Å²) in [6, 6.07) is 5.26. The Morgan fingerprint density at radius 1 is 1.25 bits per heavy atom. The Bertz CT molecular complexity index is 878. The molecule has 1 aliphatic heterocycles. The van der Waals surface area contributed by atoms with Crippen LogP contribution in [0.3, 0.4) is 0 Å². The van der Waals surface area contributed by atoms with Crippen molar-refractivity contribution in [1.82, 2.24) is 24.6 Å². The van der Waals surface area contributed by atoms with Crippen molar-refractivity contribution in [2.45, 2.75) is 19.0 Å². The Hall–Kier alpha value is -3.10. The zero-order chi connectivity index (χ0) is 20.4. The molecular weight excluding hydrogens is 360 g/mol. The lowest BCUT2D eigenvalue weighted by Crippen LogP contribution is -2.44. The summed E-state index contributed by atoms with van der Waals surface area (Å²) in [6.07, 6.45) is 1.91. The molecule has 1 aliphatic rings. The normalized spacial score (nSPS) is 15.6. The number of benzene rings is 1. The quantitative estimate of drug-likeness (QED) is 0.755. The van der Waals surface area contributed by atoms with Crippen LogP contribution in [0.15, 0.2) is 24.5 Å². The first-order valence-electron chi connectivity index (χ1n) is 9.06. The van der Waals surface area contributed by atoms with Crippen LogP contribution >= 0.6 is 0 Å². The largest absolute Gasteiger partial charge is 0.489 e. The molecule has 28 heavy (non-hydrogen) atoms. The number of hydrogen-bond donors (Lipinski definition) is 0. The van der Waals surface area contributed by atoms with Crippen LogP contribution in [0, 0.1) is 0 Å². The molecule has 9 heteroatoms. The highest BCUT2D eigenvalue weighted by molar-refractivity contribution is 5.95. The van der Waals surface area contributed by atoms with Gasteiger partial charge in [-0.1, -0.05) is 0 Å². The Morgan fingerprint density at radius 2 is 2.00 bits per heavy atom. The van der Waals surface area contributed by atoms with E-state index in [0.717, 1.165) is 11.5 Å². The Kier molecular flexibility index (Phi) is 5.53. The summed E-state index contributed by atoms with van der Waals surface area (Å²) >= 11 is 0. The van der Waals surface area contributed by atoms with Crippen LogP contribution in [0.4, 0.5) is 5.69 Å². The van der Waals surface area contributed by atoms with Crippen molar-refractivity contribution in [3.63, 3.8) is 0 Å². The highest BCUT2D eigenvalue weighted by Crippen LogP contribution is 2.34. The van der Waals surface area contributed by atoms with E-state index in [1.165, 1.54) is 4.90 Å². The van der Waals surface area contributed by atoms with E-state index in [0.29, 0.717) is 30.9 Å². The maximum atomic E-state index is 12.7. The van der Waals surface area contributed by atoms with E-state index in [4.69, 9.17) is 4.74 Å². The van der Waals surface area contributed by atoms with E-state index in [-0.39, 0.29) is 17.9 Å². The van der Waals surface area contributed by atoms with Crippen LogP contribution < -0.4 is 9.64 Å². The average molecular weight is 386 g/mol. The van der Waals surface area contributed by atoms with Gasteiger partial charge in [-0.15, -0.1) is 10.2 Å². The van der Waals surface area contributed by atoms with Gasteiger partial charge in [0.1, 0.15) is 18.7 Å². The van der Waals surface area contributed by atoms with Crippen molar-refractivity contribution < 1.29 is 14.3 Å². The van der Waals surface area contributed by atoms with Gasteiger partial charge in [0.15, 0.2) is 5.82 Å². The molecule has 2 aromatic rings. The number of fused-ring (bicyclic) bond motifs is 1. The number of carbonyl (C=O) groups excluding carboxylic acids is 2. The van der Waals surface area contributed by atoms with Gasteiger partial charge in [-0.2, -0.15) is 0 Å². The molecule has 1 atom stereocenters.